The van der Waals surface area contributed by atoms with Gasteiger partial charge in [0, 0.05) is 16.1 Å². The van der Waals surface area contributed by atoms with Crippen molar-refractivity contribution in [3.8, 4) is 6.07 Å². The van der Waals surface area contributed by atoms with E-state index in [0.717, 1.165) is 33.0 Å². The van der Waals surface area contributed by atoms with Gasteiger partial charge in [-0.05, 0) is 42.0 Å². The van der Waals surface area contributed by atoms with E-state index in [1.807, 2.05) is 78.9 Å². The summed E-state index contributed by atoms with van der Waals surface area (Å²) >= 11 is 7.61. The first-order chi connectivity index (χ1) is 14.7. The zero-order valence-electron chi connectivity index (χ0n) is 15.7. The summed E-state index contributed by atoms with van der Waals surface area (Å²) in [6.45, 7) is 0. The molecule has 0 saturated carbocycles. The van der Waals surface area contributed by atoms with Crippen LogP contribution in [0.15, 0.2) is 89.3 Å². The molecule has 1 aliphatic heterocycles. The predicted octanol–water partition coefficient (Wildman–Crippen LogP) is 6.66. The third-order valence-corrected chi connectivity index (χ3v) is 6.04. The van der Waals surface area contributed by atoms with E-state index in [9.17, 15) is 5.26 Å². The van der Waals surface area contributed by atoms with Crippen molar-refractivity contribution in [3.63, 3.8) is 0 Å². The highest BCUT2D eigenvalue weighted by atomic mass is 35.5. The Morgan fingerprint density at radius 3 is 2.43 bits per heavy atom. The molecule has 1 aromatic heterocycles. The van der Waals surface area contributed by atoms with Crippen molar-refractivity contribution in [1.29, 1.82) is 5.26 Å². The molecule has 0 radical (unpaired) electrons. The Balaban J connectivity index is 1.68. The molecule has 6 heteroatoms. The van der Waals surface area contributed by atoms with Crippen LogP contribution >= 0.6 is 23.4 Å². The minimum absolute atomic E-state index is 0.500. The molecule has 2 heterocycles. The first kappa shape index (κ1) is 18.6. The third-order valence-electron chi connectivity index (χ3n) is 4.83. The Labute approximate surface area is 183 Å². The van der Waals surface area contributed by atoms with Gasteiger partial charge in [0.05, 0.1) is 16.7 Å². The Bertz CT molecular complexity index is 1300. The normalized spacial score (nSPS) is 15.2. The summed E-state index contributed by atoms with van der Waals surface area (Å²) in [6.07, 6.45) is 0. The molecule has 1 N–H and O–H groups in total. The summed E-state index contributed by atoms with van der Waals surface area (Å²) in [4.78, 5) is 10.0. The van der Waals surface area contributed by atoms with Crippen molar-refractivity contribution >= 4 is 51.4 Å². The minimum atomic E-state index is 0.500. The molecule has 0 saturated heterocycles. The molecule has 144 valence electrons. The highest BCUT2D eigenvalue weighted by Crippen LogP contribution is 2.45. The summed E-state index contributed by atoms with van der Waals surface area (Å²) in [5, 5.41) is 13.6. The number of nitriles is 1. The van der Waals surface area contributed by atoms with Gasteiger partial charge in [0.2, 0.25) is 0 Å². The number of fused-ring (bicyclic) bond motifs is 1. The SMILES string of the molecule is N#C/C(=C1\SC=C(c2ccc(Cl)cc2)N1c1ccccc1)c1nc2ccccc2[nH]1. The maximum Gasteiger partial charge on any atom is 0.151 e. The van der Waals surface area contributed by atoms with E-state index in [1.54, 1.807) is 0 Å². The molecule has 0 bridgehead atoms. The lowest BCUT2D eigenvalue weighted by Gasteiger charge is -2.24. The smallest absolute Gasteiger partial charge is 0.151 e. The summed E-state index contributed by atoms with van der Waals surface area (Å²) in [5.41, 5.74) is 5.22. The number of aromatic nitrogens is 2. The number of nitrogens with zero attached hydrogens (tertiary/aromatic N) is 3. The predicted molar refractivity (Wildman–Crippen MR) is 125 cm³/mol. The second kappa shape index (κ2) is 7.75. The molecule has 5 rings (SSSR count). The van der Waals surface area contributed by atoms with Crippen molar-refractivity contribution in [2.24, 2.45) is 0 Å². The molecule has 0 atom stereocenters. The summed E-state index contributed by atoms with van der Waals surface area (Å²) in [5.74, 6) is 0.563. The molecule has 30 heavy (non-hydrogen) atoms. The number of hydrogen-bond acceptors (Lipinski definition) is 4. The second-order valence-electron chi connectivity index (χ2n) is 6.69. The Morgan fingerprint density at radius 1 is 0.967 bits per heavy atom. The number of H-pyrrole nitrogens is 1. The fraction of sp³-hybridized carbons (Fsp3) is 0. The fourth-order valence-electron chi connectivity index (χ4n) is 3.42. The maximum absolute atomic E-state index is 10.1. The van der Waals surface area contributed by atoms with Crippen LogP contribution in [0.1, 0.15) is 11.4 Å². The zero-order valence-corrected chi connectivity index (χ0v) is 17.3. The number of imidazole rings is 1. The Hall–Kier alpha value is -3.46. The molecule has 4 nitrogen and oxygen atoms in total. The number of nitrogens with one attached hydrogen (secondary N) is 1. The van der Waals surface area contributed by atoms with Crippen molar-refractivity contribution in [3.05, 3.63) is 106 Å². The van der Waals surface area contributed by atoms with Gasteiger partial charge < -0.3 is 9.88 Å². The molecular formula is C24H15ClN4S. The topological polar surface area (TPSA) is 55.7 Å². The lowest BCUT2D eigenvalue weighted by Crippen LogP contribution is -2.17. The van der Waals surface area contributed by atoms with Crippen LogP contribution < -0.4 is 4.90 Å². The van der Waals surface area contributed by atoms with E-state index in [2.05, 4.69) is 26.3 Å². The number of hydrogen-bond donors (Lipinski definition) is 1. The largest absolute Gasteiger partial charge is 0.337 e. The highest BCUT2D eigenvalue weighted by Gasteiger charge is 2.29. The van der Waals surface area contributed by atoms with Crippen LogP contribution in [0, 0.1) is 11.3 Å². The van der Waals surface area contributed by atoms with E-state index in [-0.39, 0.29) is 0 Å². The Morgan fingerprint density at radius 2 is 1.70 bits per heavy atom. The molecule has 3 aromatic carbocycles. The molecular weight excluding hydrogens is 412 g/mol. The lowest BCUT2D eigenvalue weighted by molar-refractivity contribution is 1.23. The average molecular weight is 427 g/mol. The first-order valence-electron chi connectivity index (χ1n) is 9.32. The van der Waals surface area contributed by atoms with Crippen molar-refractivity contribution in [2.45, 2.75) is 0 Å². The maximum atomic E-state index is 10.1. The quantitative estimate of drug-likeness (QED) is 0.372. The van der Waals surface area contributed by atoms with Gasteiger partial charge in [-0.1, -0.05) is 65.8 Å². The van der Waals surface area contributed by atoms with Gasteiger partial charge in [0.15, 0.2) is 5.82 Å². The van der Waals surface area contributed by atoms with E-state index in [4.69, 9.17) is 11.6 Å². The number of halogens is 1. The number of anilines is 1. The van der Waals surface area contributed by atoms with Crippen LogP contribution in [0.25, 0.3) is 22.3 Å². The number of para-hydroxylation sites is 3. The van der Waals surface area contributed by atoms with E-state index >= 15 is 0 Å². The van der Waals surface area contributed by atoms with Crippen LogP contribution in [0.4, 0.5) is 5.69 Å². The molecule has 0 aliphatic carbocycles. The van der Waals surface area contributed by atoms with E-state index < -0.39 is 0 Å². The number of thioether (sulfide) groups is 1. The highest BCUT2D eigenvalue weighted by molar-refractivity contribution is 8.06. The monoisotopic (exact) mass is 426 g/mol. The zero-order chi connectivity index (χ0) is 20.5. The second-order valence-corrected chi connectivity index (χ2v) is 7.99. The van der Waals surface area contributed by atoms with Gasteiger partial charge in [-0.15, -0.1) is 0 Å². The summed E-state index contributed by atoms with van der Waals surface area (Å²) < 4.78 is 0. The van der Waals surface area contributed by atoms with Crippen LogP contribution in [0.2, 0.25) is 5.02 Å². The van der Waals surface area contributed by atoms with E-state index in [0.29, 0.717) is 16.4 Å². The Kier molecular flexibility index (Phi) is 4.80. The summed E-state index contributed by atoms with van der Waals surface area (Å²) in [7, 11) is 0. The summed E-state index contributed by atoms with van der Waals surface area (Å²) in [6, 6.07) is 27.9. The van der Waals surface area contributed by atoms with Gasteiger partial charge in [-0.2, -0.15) is 5.26 Å². The van der Waals surface area contributed by atoms with Crippen LogP contribution in [0.5, 0.6) is 0 Å². The number of rotatable bonds is 3. The van der Waals surface area contributed by atoms with Crippen LogP contribution in [-0.4, -0.2) is 9.97 Å². The van der Waals surface area contributed by atoms with E-state index in [1.165, 1.54) is 11.8 Å². The van der Waals surface area contributed by atoms with Crippen molar-refractivity contribution < 1.29 is 0 Å². The number of benzene rings is 3. The molecule has 0 unspecified atom stereocenters. The lowest BCUT2D eigenvalue weighted by atomic mass is 10.1. The third kappa shape index (κ3) is 3.26. The molecule has 0 amide bonds. The molecule has 1 aliphatic rings. The first-order valence-corrected chi connectivity index (χ1v) is 10.6. The van der Waals surface area contributed by atoms with Gasteiger partial charge >= 0.3 is 0 Å². The van der Waals surface area contributed by atoms with Crippen LogP contribution in [-0.2, 0) is 0 Å². The number of aromatic amines is 1. The van der Waals surface area contributed by atoms with Crippen molar-refractivity contribution in [2.75, 3.05) is 4.90 Å². The molecule has 0 spiro atoms. The van der Waals surface area contributed by atoms with Crippen molar-refractivity contribution in [1.82, 2.24) is 9.97 Å². The van der Waals surface area contributed by atoms with Gasteiger partial charge in [-0.3, -0.25) is 0 Å². The van der Waals surface area contributed by atoms with Crippen LogP contribution in [0.3, 0.4) is 0 Å². The van der Waals surface area contributed by atoms with Gasteiger partial charge in [-0.25, -0.2) is 4.98 Å². The number of allylic oxidation sites excluding steroid dienone is 1. The fourth-order valence-corrected chi connectivity index (χ4v) is 4.58. The average Bonchev–Trinajstić information content (AvgIpc) is 3.40. The standard InChI is InChI=1S/C24H15ClN4S/c25-17-12-10-16(11-13-17)22-15-30-24(29(22)18-6-2-1-3-7-18)19(14-26)23-27-20-8-4-5-9-21(20)28-23/h1-13,15H,(H,27,28)/b24-19+. The van der Waals surface area contributed by atoms with Gasteiger partial charge in [0.1, 0.15) is 16.7 Å². The van der Waals surface area contributed by atoms with Gasteiger partial charge in [0.25, 0.3) is 0 Å². The molecule has 0 fully saturated rings. The molecule has 4 aromatic rings. The minimum Gasteiger partial charge on any atom is -0.337 e.